The molecule has 0 spiro atoms. The van der Waals surface area contributed by atoms with Gasteiger partial charge in [0.25, 0.3) is 0 Å². The Labute approximate surface area is 151 Å². The number of hydrogen-bond donors (Lipinski definition) is 0. The number of nitrogens with zero attached hydrogens (tertiary/aromatic N) is 1. The third-order valence-corrected chi connectivity index (χ3v) is 4.02. The number of aromatic nitrogens is 1. The van der Waals surface area contributed by atoms with Crippen molar-refractivity contribution in [3.8, 4) is 5.75 Å². The maximum atomic E-state index is 12.0. The van der Waals surface area contributed by atoms with Crippen molar-refractivity contribution in [2.45, 2.75) is 20.5 Å². The van der Waals surface area contributed by atoms with Gasteiger partial charge in [0.15, 0.2) is 0 Å². The summed E-state index contributed by atoms with van der Waals surface area (Å²) in [5.41, 5.74) is 2.93. The fourth-order valence-electron chi connectivity index (χ4n) is 2.12. The molecule has 0 N–H and O–H groups in total. The molecule has 0 atom stereocenters. The normalized spacial score (nSPS) is 11.0. The van der Waals surface area contributed by atoms with E-state index in [0.717, 1.165) is 10.7 Å². The molecule has 0 aliphatic heterocycles. The molecule has 2 aromatic rings. The van der Waals surface area contributed by atoms with Gasteiger partial charge in [0.2, 0.25) is 0 Å². The average molecular weight is 359 g/mol. The number of carbonyl (C=O) groups excluding carboxylic acids is 1. The van der Waals surface area contributed by atoms with Crippen LogP contribution in [0.5, 0.6) is 5.75 Å². The van der Waals surface area contributed by atoms with Crippen LogP contribution in [-0.2, 0) is 20.9 Å². The van der Waals surface area contributed by atoms with E-state index in [1.54, 1.807) is 23.5 Å². The van der Waals surface area contributed by atoms with E-state index < -0.39 is 5.97 Å². The monoisotopic (exact) mass is 359 g/mol. The minimum Gasteiger partial charge on any atom is -0.503 e. The van der Waals surface area contributed by atoms with Crippen LogP contribution in [0.3, 0.4) is 0 Å². The second kappa shape index (κ2) is 9.03. The number of thiazole rings is 1. The van der Waals surface area contributed by atoms with Crippen molar-refractivity contribution >= 4 is 29.0 Å². The van der Waals surface area contributed by atoms with E-state index >= 15 is 0 Å². The average Bonchev–Trinajstić information content (AvgIpc) is 3.04. The van der Waals surface area contributed by atoms with Gasteiger partial charge in [-0.1, -0.05) is 23.8 Å². The quantitative estimate of drug-likeness (QED) is 0.419. The fourth-order valence-corrected chi connectivity index (χ4v) is 2.97. The zero-order valence-corrected chi connectivity index (χ0v) is 15.6. The van der Waals surface area contributed by atoms with Gasteiger partial charge < -0.3 is 14.2 Å². The zero-order valence-electron chi connectivity index (χ0n) is 14.7. The third kappa shape index (κ3) is 5.19. The number of allylic oxidation sites excluding steroid dienone is 1. The number of esters is 1. The summed E-state index contributed by atoms with van der Waals surface area (Å²) in [6.07, 6.45) is 3.38. The molecule has 1 heterocycles. The van der Waals surface area contributed by atoms with Crippen molar-refractivity contribution in [2.24, 2.45) is 0 Å². The summed E-state index contributed by atoms with van der Waals surface area (Å²) in [6.45, 7) is 4.38. The SMILES string of the molecule is CO/C=C(/C(=O)OC)c1ccccc1OCc1csc(C=C(C)C)n1. The van der Waals surface area contributed by atoms with E-state index in [1.165, 1.54) is 26.1 Å². The lowest BCUT2D eigenvalue weighted by Crippen LogP contribution is -2.07. The lowest BCUT2D eigenvalue weighted by atomic mass is 10.1. The Morgan fingerprint density at radius 2 is 2.00 bits per heavy atom. The molecule has 1 aromatic heterocycles. The molecule has 1 aromatic carbocycles. The van der Waals surface area contributed by atoms with Crippen LogP contribution in [0.25, 0.3) is 11.6 Å². The van der Waals surface area contributed by atoms with Crippen LogP contribution in [0.15, 0.2) is 41.5 Å². The van der Waals surface area contributed by atoms with Crippen LogP contribution in [0.1, 0.15) is 30.1 Å². The minimum atomic E-state index is -0.489. The first kappa shape index (κ1) is 18.7. The second-order valence-electron chi connectivity index (χ2n) is 5.44. The van der Waals surface area contributed by atoms with Gasteiger partial charge in [0.1, 0.15) is 22.9 Å². The Morgan fingerprint density at radius 1 is 1.24 bits per heavy atom. The van der Waals surface area contributed by atoms with Gasteiger partial charge in [-0.05, 0) is 26.0 Å². The molecule has 0 aliphatic carbocycles. The maximum absolute atomic E-state index is 12.0. The van der Waals surface area contributed by atoms with Gasteiger partial charge in [-0.15, -0.1) is 11.3 Å². The van der Waals surface area contributed by atoms with Crippen molar-refractivity contribution < 1.29 is 19.0 Å². The van der Waals surface area contributed by atoms with E-state index in [0.29, 0.717) is 23.5 Å². The molecule has 0 aliphatic rings. The van der Waals surface area contributed by atoms with Gasteiger partial charge in [-0.3, -0.25) is 0 Å². The molecule has 0 saturated carbocycles. The van der Waals surface area contributed by atoms with Crippen molar-refractivity contribution in [1.29, 1.82) is 0 Å². The molecular weight excluding hydrogens is 338 g/mol. The van der Waals surface area contributed by atoms with Crippen LogP contribution < -0.4 is 4.74 Å². The fraction of sp³-hybridized carbons (Fsp3) is 0.263. The molecule has 6 heteroatoms. The first-order valence-electron chi connectivity index (χ1n) is 7.68. The third-order valence-electron chi connectivity index (χ3n) is 3.18. The predicted octanol–water partition coefficient (Wildman–Crippen LogP) is 4.31. The number of para-hydroxylation sites is 1. The summed E-state index contributed by atoms with van der Waals surface area (Å²) < 4.78 is 15.7. The molecule has 0 amide bonds. The summed E-state index contributed by atoms with van der Waals surface area (Å²) in [5, 5.41) is 2.91. The minimum absolute atomic E-state index is 0.295. The Morgan fingerprint density at radius 3 is 2.68 bits per heavy atom. The largest absolute Gasteiger partial charge is 0.503 e. The summed E-state index contributed by atoms with van der Waals surface area (Å²) in [7, 11) is 2.81. The van der Waals surface area contributed by atoms with Crippen molar-refractivity contribution in [3.05, 3.63) is 57.7 Å². The summed E-state index contributed by atoms with van der Waals surface area (Å²) in [4.78, 5) is 16.5. The Kier molecular flexibility index (Phi) is 6.77. The van der Waals surface area contributed by atoms with Crippen LogP contribution in [0, 0.1) is 0 Å². The van der Waals surface area contributed by atoms with E-state index in [4.69, 9.17) is 14.2 Å². The van der Waals surface area contributed by atoms with E-state index in [-0.39, 0.29) is 0 Å². The predicted molar refractivity (Wildman–Crippen MR) is 99.2 cm³/mol. The Hall–Kier alpha value is -2.60. The molecule has 0 fully saturated rings. The number of rotatable bonds is 7. The summed E-state index contributed by atoms with van der Waals surface area (Å²) in [6, 6.07) is 7.25. The zero-order chi connectivity index (χ0) is 18.2. The molecule has 5 nitrogen and oxygen atoms in total. The Bertz CT molecular complexity index is 788. The van der Waals surface area contributed by atoms with Gasteiger partial charge in [-0.25, -0.2) is 9.78 Å². The summed E-state index contributed by atoms with van der Waals surface area (Å²) in [5.74, 6) is 0.0744. The first-order chi connectivity index (χ1) is 12.0. The van der Waals surface area contributed by atoms with Crippen LogP contribution in [-0.4, -0.2) is 25.2 Å². The molecular formula is C19H21NO4S. The topological polar surface area (TPSA) is 57.7 Å². The molecule has 0 bridgehead atoms. The van der Waals surface area contributed by atoms with E-state index in [2.05, 4.69) is 4.98 Å². The second-order valence-corrected chi connectivity index (χ2v) is 6.33. The number of carbonyl (C=O) groups is 1. The molecule has 0 saturated heterocycles. The lowest BCUT2D eigenvalue weighted by Gasteiger charge is -2.12. The van der Waals surface area contributed by atoms with Crippen molar-refractivity contribution in [2.75, 3.05) is 14.2 Å². The Balaban J connectivity index is 2.20. The number of ether oxygens (including phenoxy) is 3. The van der Waals surface area contributed by atoms with Crippen LogP contribution >= 0.6 is 11.3 Å². The molecule has 132 valence electrons. The van der Waals surface area contributed by atoms with E-state index in [9.17, 15) is 4.79 Å². The number of benzene rings is 1. The van der Waals surface area contributed by atoms with Crippen LogP contribution in [0.4, 0.5) is 0 Å². The first-order valence-corrected chi connectivity index (χ1v) is 8.56. The molecule has 0 radical (unpaired) electrons. The standard InChI is InChI=1S/C19H21NO4S/c1-13(2)9-18-20-14(12-25-18)10-24-17-8-6-5-7-15(17)16(11-22-3)19(21)23-4/h5-9,11-12H,10H2,1-4H3/b16-11+. The maximum Gasteiger partial charge on any atom is 0.341 e. The van der Waals surface area contributed by atoms with Crippen molar-refractivity contribution in [3.63, 3.8) is 0 Å². The van der Waals surface area contributed by atoms with Crippen molar-refractivity contribution in [1.82, 2.24) is 4.98 Å². The molecule has 2 rings (SSSR count). The van der Waals surface area contributed by atoms with Gasteiger partial charge >= 0.3 is 5.97 Å². The number of hydrogen-bond acceptors (Lipinski definition) is 6. The van der Waals surface area contributed by atoms with Gasteiger partial charge in [0, 0.05) is 10.9 Å². The smallest absolute Gasteiger partial charge is 0.341 e. The van der Waals surface area contributed by atoms with E-state index in [1.807, 2.05) is 37.4 Å². The lowest BCUT2D eigenvalue weighted by molar-refractivity contribution is -0.133. The number of methoxy groups -OCH3 is 2. The summed E-state index contributed by atoms with van der Waals surface area (Å²) >= 11 is 1.57. The molecule has 0 unspecified atom stereocenters. The van der Waals surface area contributed by atoms with Crippen LogP contribution in [0.2, 0.25) is 0 Å². The highest BCUT2D eigenvalue weighted by Gasteiger charge is 2.17. The molecule has 25 heavy (non-hydrogen) atoms. The highest BCUT2D eigenvalue weighted by atomic mass is 32.1. The van der Waals surface area contributed by atoms with Gasteiger partial charge in [-0.2, -0.15) is 0 Å². The highest BCUT2D eigenvalue weighted by Crippen LogP contribution is 2.28. The highest BCUT2D eigenvalue weighted by molar-refractivity contribution is 7.10. The van der Waals surface area contributed by atoms with Gasteiger partial charge in [0.05, 0.1) is 26.2 Å².